The summed E-state index contributed by atoms with van der Waals surface area (Å²) in [6.07, 6.45) is 3.49. The number of hydrogen-bond donors (Lipinski definition) is 1. The molecule has 4 nitrogen and oxygen atoms in total. The zero-order chi connectivity index (χ0) is 20.9. The predicted octanol–water partition coefficient (Wildman–Crippen LogP) is 5.15. The van der Waals surface area contributed by atoms with E-state index < -0.39 is 11.7 Å². The maximum Gasteiger partial charge on any atom is 0.258 e. The number of rotatable bonds is 5. The Hall–Kier alpha value is -3.31. The van der Waals surface area contributed by atoms with E-state index in [0.717, 1.165) is 37.8 Å². The molecule has 5 heteroatoms. The number of benzene rings is 2. The SMILES string of the molecule is CC1=C(c2ccc(NC(=O)c3ccncc3F)cc2)CN(Cc2ccccc2)CC1. The lowest BCUT2D eigenvalue weighted by atomic mass is 9.94. The molecule has 0 atom stereocenters. The van der Waals surface area contributed by atoms with Gasteiger partial charge in [0, 0.05) is 31.5 Å². The Balaban J connectivity index is 1.45. The van der Waals surface area contributed by atoms with Crippen molar-refractivity contribution in [2.75, 3.05) is 18.4 Å². The summed E-state index contributed by atoms with van der Waals surface area (Å²) < 4.78 is 13.8. The molecule has 0 spiro atoms. The highest BCUT2D eigenvalue weighted by atomic mass is 19.1. The smallest absolute Gasteiger partial charge is 0.258 e. The number of hydrogen-bond acceptors (Lipinski definition) is 3. The number of anilines is 1. The molecule has 0 fully saturated rings. The molecule has 1 aliphatic rings. The second-order valence-corrected chi connectivity index (χ2v) is 7.59. The Bertz CT molecular complexity index is 1060. The fourth-order valence-corrected chi connectivity index (χ4v) is 3.74. The van der Waals surface area contributed by atoms with Crippen LogP contribution in [0.3, 0.4) is 0 Å². The van der Waals surface area contributed by atoms with E-state index in [0.29, 0.717) is 5.69 Å². The molecule has 0 unspecified atom stereocenters. The summed E-state index contributed by atoms with van der Waals surface area (Å²) in [6.45, 7) is 5.07. The molecule has 1 amide bonds. The van der Waals surface area contributed by atoms with Gasteiger partial charge in [0.05, 0.1) is 11.8 Å². The minimum absolute atomic E-state index is 0.0172. The van der Waals surface area contributed by atoms with Crippen LogP contribution in [0.5, 0.6) is 0 Å². The van der Waals surface area contributed by atoms with Crippen LogP contribution in [-0.2, 0) is 6.54 Å². The van der Waals surface area contributed by atoms with E-state index in [1.54, 1.807) is 0 Å². The second-order valence-electron chi connectivity index (χ2n) is 7.59. The van der Waals surface area contributed by atoms with Crippen LogP contribution < -0.4 is 5.32 Å². The first-order chi connectivity index (χ1) is 14.6. The standard InChI is InChI=1S/C25H24FN3O/c1-18-12-14-29(16-19-5-3-2-4-6-19)17-23(18)20-7-9-21(10-8-20)28-25(30)22-11-13-27-15-24(22)26/h2-11,13,15H,12,14,16-17H2,1H3,(H,28,30). The molecule has 2 aromatic carbocycles. The maximum absolute atomic E-state index is 13.8. The van der Waals surface area contributed by atoms with Gasteiger partial charge in [-0.1, -0.05) is 48.0 Å². The molecule has 1 aliphatic heterocycles. The van der Waals surface area contributed by atoms with Crippen LogP contribution >= 0.6 is 0 Å². The molecule has 30 heavy (non-hydrogen) atoms. The molecule has 0 saturated carbocycles. The van der Waals surface area contributed by atoms with Crippen molar-refractivity contribution in [3.05, 3.63) is 101 Å². The van der Waals surface area contributed by atoms with Crippen LogP contribution in [-0.4, -0.2) is 28.9 Å². The number of halogens is 1. The Morgan fingerprint density at radius 1 is 1.10 bits per heavy atom. The minimum atomic E-state index is -0.631. The van der Waals surface area contributed by atoms with Gasteiger partial charge in [-0.2, -0.15) is 0 Å². The number of pyridine rings is 1. The van der Waals surface area contributed by atoms with Gasteiger partial charge in [-0.15, -0.1) is 0 Å². The van der Waals surface area contributed by atoms with Crippen molar-refractivity contribution < 1.29 is 9.18 Å². The van der Waals surface area contributed by atoms with Crippen molar-refractivity contribution in [1.82, 2.24) is 9.88 Å². The van der Waals surface area contributed by atoms with Crippen molar-refractivity contribution in [1.29, 1.82) is 0 Å². The first kappa shape index (κ1) is 20.0. The molecule has 3 aromatic rings. The normalized spacial score (nSPS) is 14.6. The Morgan fingerprint density at radius 3 is 2.60 bits per heavy atom. The lowest BCUT2D eigenvalue weighted by Crippen LogP contribution is -2.30. The summed E-state index contributed by atoms with van der Waals surface area (Å²) in [5, 5.41) is 2.75. The lowest BCUT2D eigenvalue weighted by Gasteiger charge is -2.30. The Labute approximate surface area is 176 Å². The second kappa shape index (κ2) is 9.01. The summed E-state index contributed by atoms with van der Waals surface area (Å²) in [7, 11) is 0. The van der Waals surface area contributed by atoms with E-state index in [4.69, 9.17) is 0 Å². The Morgan fingerprint density at radius 2 is 1.87 bits per heavy atom. The highest BCUT2D eigenvalue weighted by Gasteiger charge is 2.18. The molecular weight excluding hydrogens is 377 g/mol. The number of aromatic nitrogens is 1. The van der Waals surface area contributed by atoms with Gasteiger partial charge in [0.2, 0.25) is 0 Å². The minimum Gasteiger partial charge on any atom is -0.322 e. The van der Waals surface area contributed by atoms with Crippen LogP contribution in [0.15, 0.2) is 78.6 Å². The van der Waals surface area contributed by atoms with Crippen LogP contribution in [0.25, 0.3) is 5.57 Å². The van der Waals surface area contributed by atoms with Gasteiger partial charge < -0.3 is 5.32 Å². The molecule has 2 heterocycles. The van der Waals surface area contributed by atoms with E-state index in [1.807, 2.05) is 30.3 Å². The third-order valence-electron chi connectivity index (χ3n) is 5.46. The lowest BCUT2D eigenvalue weighted by molar-refractivity contribution is 0.102. The summed E-state index contributed by atoms with van der Waals surface area (Å²) in [6, 6.07) is 19.6. The van der Waals surface area contributed by atoms with Gasteiger partial charge in [-0.3, -0.25) is 14.7 Å². The van der Waals surface area contributed by atoms with Gasteiger partial charge in [-0.25, -0.2) is 4.39 Å². The molecule has 0 saturated heterocycles. The van der Waals surface area contributed by atoms with E-state index >= 15 is 0 Å². The van der Waals surface area contributed by atoms with Crippen LogP contribution in [0.2, 0.25) is 0 Å². The fraction of sp³-hybridized carbons (Fsp3) is 0.200. The maximum atomic E-state index is 13.8. The number of nitrogens with zero attached hydrogens (tertiary/aromatic N) is 2. The number of amides is 1. The van der Waals surface area contributed by atoms with E-state index in [1.165, 1.54) is 29.0 Å². The van der Waals surface area contributed by atoms with E-state index in [2.05, 4.69) is 46.4 Å². The number of carbonyl (C=O) groups excluding carboxylic acids is 1. The fourth-order valence-electron chi connectivity index (χ4n) is 3.74. The first-order valence-electron chi connectivity index (χ1n) is 10.1. The zero-order valence-electron chi connectivity index (χ0n) is 16.9. The summed E-state index contributed by atoms with van der Waals surface area (Å²) in [5.74, 6) is -1.11. The van der Waals surface area contributed by atoms with Crippen molar-refractivity contribution in [2.24, 2.45) is 0 Å². The Kier molecular flexibility index (Phi) is 6.00. The summed E-state index contributed by atoms with van der Waals surface area (Å²) in [4.78, 5) is 18.4. The molecule has 1 N–H and O–H groups in total. The largest absolute Gasteiger partial charge is 0.322 e. The van der Waals surface area contributed by atoms with Gasteiger partial charge >= 0.3 is 0 Å². The third kappa shape index (κ3) is 4.63. The molecule has 0 radical (unpaired) electrons. The number of nitrogens with one attached hydrogen (secondary N) is 1. The highest BCUT2D eigenvalue weighted by molar-refractivity contribution is 6.04. The molecule has 0 bridgehead atoms. The molecular formula is C25H24FN3O. The van der Waals surface area contributed by atoms with Gasteiger partial charge in [0.1, 0.15) is 0 Å². The first-order valence-corrected chi connectivity index (χ1v) is 10.1. The molecule has 0 aliphatic carbocycles. The van der Waals surface area contributed by atoms with Crippen molar-refractivity contribution in [2.45, 2.75) is 19.9 Å². The highest BCUT2D eigenvalue weighted by Crippen LogP contribution is 2.28. The topological polar surface area (TPSA) is 45.2 Å². The van der Waals surface area contributed by atoms with Gasteiger partial charge in [0.15, 0.2) is 5.82 Å². The zero-order valence-corrected chi connectivity index (χ0v) is 16.9. The van der Waals surface area contributed by atoms with Crippen molar-refractivity contribution in [3.63, 3.8) is 0 Å². The average Bonchev–Trinajstić information content (AvgIpc) is 2.77. The molecule has 1 aromatic heterocycles. The van der Waals surface area contributed by atoms with Crippen LogP contribution in [0.1, 0.15) is 34.8 Å². The van der Waals surface area contributed by atoms with Crippen LogP contribution in [0.4, 0.5) is 10.1 Å². The quantitative estimate of drug-likeness (QED) is 0.643. The van der Waals surface area contributed by atoms with Crippen LogP contribution in [0, 0.1) is 5.82 Å². The monoisotopic (exact) mass is 401 g/mol. The van der Waals surface area contributed by atoms with Crippen molar-refractivity contribution >= 4 is 17.2 Å². The van der Waals surface area contributed by atoms with Gasteiger partial charge in [-0.05, 0) is 48.2 Å². The summed E-state index contributed by atoms with van der Waals surface area (Å²) >= 11 is 0. The van der Waals surface area contributed by atoms with Gasteiger partial charge in [0.25, 0.3) is 5.91 Å². The predicted molar refractivity (Wildman–Crippen MR) is 118 cm³/mol. The molecule has 4 rings (SSSR count). The van der Waals surface area contributed by atoms with Crippen molar-refractivity contribution in [3.8, 4) is 0 Å². The van der Waals surface area contributed by atoms with E-state index in [-0.39, 0.29) is 5.56 Å². The number of carbonyl (C=O) groups is 1. The summed E-state index contributed by atoms with van der Waals surface area (Å²) in [5.41, 5.74) is 5.81. The third-order valence-corrected chi connectivity index (χ3v) is 5.46. The van der Waals surface area contributed by atoms with E-state index in [9.17, 15) is 9.18 Å². The molecule has 152 valence electrons. The average molecular weight is 401 g/mol.